The molecule has 7 nitrogen and oxygen atoms in total. The number of anilines is 1. The lowest BCUT2D eigenvalue weighted by Gasteiger charge is -2.33. The molecular weight excluding hydrogens is 640 g/mol. The van der Waals surface area contributed by atoms with Gasteiger partial charge >= 0.3 is 0 Å². The molecule has 3 aromatic rings. The standard InChI is InChI=1S/C30H33Cl4N3O4S/c1-4-6-16-35-30(39)27(5-2)36(18-23-24(32)8-7-9-25(23)33)29(38)19-37(28-17-21(31)12-15-26(28)34)42(40,41)22-13-10-20(3)11-14-22/h7-15,17,27H,4-6,16,18-19H2,1-3H3,(H,35,39). The second-order valence-electron chi connectivity index (χ2n) is 9.71. The zero-order valence-corrected chi connectivity index (χ0v) is 27.4. The Labute approximate surface area is 267 Å². The van der Waals surface area contributed by atoms with Crippen molar-refractivity contribution in [3.8, 4) is 0 Å². The number of amides is 2. The molecule has 3 aromatic carbocycles. The van der Waals surface area contributed by atoms with Gasteiger partial charge in [0.15, 0.2) is 0 Å². The molecule has 1 N–H and O–H groups in total. The quantitative estimate of drug-likeness (QED) is 0.190. The fourth-order valence-electron chi connectivity index (χ4n) is 4.31. The number of unbranched alkanes of at least 4 members (excludes halogenated alkanes) is 1. The van der Waals surface area contributed by atoms with Gasteiger partial charge in [-0.3, -0.25) is 13.9 Å². The number of rotatable bonds is 13. The van der Waals surface area contributed by atoms with Gasteiger partial charge in [-0.15, -0.1) is 0 Å². The van der Waals surface area contributed by atoms with Gasteiger partial charge in [0, 0.05) is 33.7 Å². The summed E-state index contributed by atoms with van der Waals surface area (Å²) < 4.78 is 28.9. The lowest BCUT2D eigenvalue weighted by atomic mass is 10.1. The summed E-state index contributed by atoms with van der Waals surface area (Å²) in [7, 11) is -4.31. The molecule has 0 fully saturated rings. The molecule has 0 spiro atoms. The van der Waals surface area contributed by atoms with Crippen molar-refractivity contribution in [2.45, 2.75) is 57.5 Å². The molecule has 0 radical (unpaired) electrons. The average molecular weight is 673 g/mol. The maximum absolute atomic E-state index is 14.2. The zero-order chi connectivity index (χ0) is 31.0. The first-order chi connectivity index (χ1) is 19.9. The minimum atomic E-state index is -4.31. The Balaban J connectivity index is 2.12. The van der Waals surface area contributed by atoms with Gasteiger partial charge in [-0.05, 0) is 62.2 Å². The first-order valence-corrected chi connectivity index (χ1v) is 16.4. The van der Waals surface area contributed by atoms with Crippen LogP contribution in [-0.2, 0) is 26.2 Å². The topological polar surface area (TPSA) is 86.8 Å². The molecule has 0 bridgehead atoms. The average Bonchev–Trinajstić information content (AvgIpc) is 2.94. The highest BCUT2D eigenvalue weighted by Gasteiger charge is 2.35. The highest BCUT2D eigenvalue weighted by atomic mass is 35.5. The van der Waals surface area contributed by atoms with E-state index in [0.717, 1.165) is 22.7 Å². The van der Waals surface area contributed by atoms with Crippen LogP contribution in [0.1, 0.15) is 44.2 Å². The molecule has 12 heteroatoms. The first-order valence-electron chi connectivity index (χ1n) is 13.4. The van der Waals surface area contributed by atoms with Crippen LogP contribution < -0.4 is 9.62 Å². The van der Waals surface area contributed by atoms with Crippen LogP contribution in [0.5, 0.6) is 0 Å². The van der Waals surface area contributed by atoms with Gasteiger partial charge in [-0.2, -0.15) is 0 Å². The molecule has 1 atom stereocenters. The first kappa shape index (κ1) is 34.0. The highest BCUT2D eigenvalue weighted by molar-refractivity contribution is 7.92. The molecule has 0 saturated carbocycles. The lowest BCUT2D eigenvalue weighted by Crippen LogP contribution is -2.52. The van der Waals surface area contributed by atoms with E-state index in [0.29, 0.717) is 22.2 Å². The van der Waals surface area contributed by atoms with Gasteiger partial charge in [0.25, 0.3) is 10.0 Å². The summed E-state index contributed by atoms with van der Waals surface area (Å²) in [6.45, 7) is 5.25. The molecule has 0 heterocycles. The summed E-state index contributed by atoms with van der Waals surface area (Å²) in [4.78, 5) is 28.8. The summed E-state index contributed by atoms with van der Waals surface area (Å²) in [6.07, 6.45) is 1.90. The van der Waals surface area contributed by atoms with Crippen LogP contribution in [0.15, 0.2) is 65.6 Å². The number of nitrogens with one attached hydrogen (secondary N) is 1. The van der Waals surface area contributed by atoms with E-state index in [9.17, 15) is 18.0 Å². The largest absolute Gasteiger partial charge is 0.354 e. The summed E-state index contributed by atoms with van der Waals surface area (Å²) >= 11 is 25.6. The van der Waals surface area contributed by atoms with Crippen LogP contribution in [-0.4, -0.2) is 44.3 Å². The number of hydrogen-bond donors (Lipinski definition) is 1. The molecule has 0 aliphatic rings. The summed E-state index contributed by atoms with van der Waals surface area (Å²) in [5.74, 6) is -1.02. The maximum Gasteiger partial charge on any atom is 0.264 e. The predicted octanol–water partition coefficient (Wildman–Crippen LogP) is 7.53. The van der Waals surface area contributed by atoms with Crippen LogP contribution in [0, 0.1) is 6.92 Å². The minimum Gasteiger partial charge on any atom is -0.354 e. The maximum atomic E-state index is 14.2. The van der Waals surface area contributed by atoms with Crippen LogP contribution in [0.3, 0.4) is 0 Å². The fourth-order valence-corrected chi connectivity index (χ4v) is 6.69. The molecule has 2 amide bonds. The Bertz CT molecular complexity index is 1500. The third kappa shape index (κ3) is 8.32. The molecular formula is C30H33Cl4N3O4S. The molecule has 226 valence electrons. The van der Waals surface area contributed by atoms with E-state index in [1.54, 1.807) is 37.3 Å². The summed E-state index contributed by atoms with van der Waals surface area (Å²) in [5, 5.41) is 3.80. The molecule has 3 rings (SSSR count). The second-order valence-corrected chi connectivity index (χ2v) is 13.2. The van der Waals surface area contributed by atoms with E-state index >= 15 is 0 Å². The molecule has 0 aliphatic carbocycles. The fraction of sp³-hybridized carbons (Fsp3) is 0.333. The van der Waals surface area contributed by atoms with E-state index in [1.165, 1.54) is 35.2 Å². The Morgan fingerprint density at radius 1 is 0.905 bits per heavy atom. The number of nitrogens with zero attached hydrogens (tertiary/aromatic N) is 2. The van der Waals surface area contributed by atoms with E-state index in [-0.39, 0.29) is 39.5 Å². The van der Waals surface area contributed by atoms with E-state index in [2.05, 4.69) is 5.32 Å². The van der Waals surface area contributed by atoms with Gasteiger partial charge in [-0.1, -0.05) is 90.4 Å². The van der Waals surface area contributed by atoms with Gasteiger partial charge in [0.2, 0.25) is 11.8 Å². The van der Waals surface area contributed by atoms with Crippen LogP contribution >= 0.6 is 46.4 Å². The molecule has 0 aliphatic heterocycles. The molecule has 1 unspecified atom stereocenters. The Morgan fingerprint density at radius 2 is 1.55 bits per heavy atom. The van der Waals surface area contributed by atoms with Crippen molar-refractivity contribution in [3.05, 3.63) is 91.9 Å². The SMILES string of the molecule is CCCCNC(=O)C(CC)N(Cc1c(Cl)cccc1Cl)C(=O)CN(c1cc(Cl)ccc1Cl)S(=O)(=O)c1ccc(C)cc1. The van der Waals surface area contributed by atoms with Gasteiger partial charge in [0.1, 0.15) is 12.6 Å². The minimum absolute atomic E-state index is 0.0225. The van der Waals surface area contributed by atoms with E-state index in [4.69, 9.17) is 46.4 Å². The van der Waals surface area contributed by atoms with Gasteiger partial charge < -0.3 is 10.2 Å². The molecule has 0 aromatic heterocycles. The molecule has 0 saturated heterocycles. The van der Waals surface area contributed by atoms with Crippen molar-refractivity contribution < 1.29 is 18.0 Å². The highest BCUT2D eigenvalue weighted by Crippen LogP contribution is 2.34. The number of carbonyl (C=O) groups is 2. The zero-order valence-electron chi connectivity index (χ0n) is 23.5. The lowest BCUT2D eigenvalue weighted by molar-refractivity contribution is -0.140. The number of halogens is 4. The smallest absolute Gasteiger partial charge is 0.264 e. The van der Waals surface area contributed by atoms with E-state index < -0.39 is 28.5 Å². The summed E-state index contributed by atoms with van der Waals surface area (Å²) in [6, 6.07) is 14.6. The normalized spacial score (nSPS) is 12.1. The van der Waals surface area contributed by atoms with Crippen LogP contribution in [0.2, 0.25) is 20.1 Å². The van der Waals surface area contributed by atoms with Gasteiger partial charge in [-0.25, -0.2) is 8.42 Å². The molecule has 42 heavy (non-hydrogen) atoms. The van der Waals surface area contributed by atoms with Gasteiger partial charge in [0.05, 0.1) is 15.6 Å². The number of benzene rings is 3. The summed E-state index contributed by atoms with van der Waals surface area (Å²) in [5.41, 5.74) is 1.32. The Morgan fingerprint density at radius 3 is 2.14 bits per heavy atom. The van der Waals surface area contributed by atoms with Crippen LogP contribution in [0.4, 0.5) is 5.69 Å². The van der Waals surface area contributed by atoms with Crippen molar-refractivity contribution >= 4 is 73.9 Å². The monoisotopic (exact) mass is 671 g/mol. The predicted molar refractivity (Wildman–Crippen MR) is 171 cm³/mol. The third-order valence-corrected chi connectivity index (χ3v) is 9.71. The van der Waals surface area contributed by atoms with Crippen molar-refractivity contribution in [2.24, 2.45) is 0 Å². The number of hydrogen-bond acceptors (Lipinski definition) is 4. The van der Waals surface area contributed by atoms with Crippen molar-refractivity contribution in [1.29, 1.82) is 0 Å². The Hall–Kier alpha value is -2.49. The third-order valence-electron chi connectivity index (χ3n) is 6.67. The van der Waals surface area contributed by atoms with Crippen molar-refractivity contribution in [3.63, 3.8) is 0 Å². The number of sulfonamides is 1. The van der Waals surface area contributed by atoms with Crippen LogP contribution in [0.25, 0.3) is 0 Å². The van der Waals surface area contributed by atoms with E-state index in [1.807, 2.05) is 13.8 Å². The Kier molecular flexibility index (Phi) is 12.4. The van der Waals surface area contributed by atoms with Crippen molar-refractivity contribution in [2.75, 3.05) is 17.4 Å². The second kappa shape index (κ2) is 15.3. The van der Waals surface area contributed by atoms with Crippen molar-refractivity contribution in [1.82, 2.24) is 10.2 Å². The number of carbonyl (C=O) groups excluding carboxylic acids is 2. The number of aryl methyl sites for hydroxylation is 1.